The molecule has 1 aromatic heterocycles. The van der Waals surface area contributed by atoms with Gasteiger partial charge in [0.2, 0.25) is 0 Å². The van der Waals surface area contributed by atoms with Crippen molar-refractivity contribution in [2.24, 2.45) is 5.92 Å². The van der Waals surface area contributed by atoms with Gasteiger partial charge in [-0.25, -0.2) is 0 Å². The van der Waals surface area contributed by atoms with Crippen LogP contribution < -0.4 is 0 Å². The summed E-state index contributed by atoms with van der Waals surface area (Å²) in [7, 11) is 1.79. The Kier molecular flexibility index (Phi) is 4.20. The van der Waals surface area contributed by atoms with E-state index in [-0.39, 0.29) is 0 Å². The first-order chi connectivity index (χ1) is 7.28. The lowest BCUT2D eigenvalue weighted by molar-refractivity contribution is 0.153. The highest BCUT2D eigenvalue weighted by atomic mass is 79.9. The monoisotopic (exact) mass is 289 g/mol. The number of rotatable bonds is 4. The fraction of sp³-hybridized carbons (Fsp3) is 0.636. The minimum absolute atomic E-state index is 0.735. The zero-order chi connectivity index (χ0) is 10.7. The summed E-state index contributed by atoms with van der Waals surface area (Å²) in [5, 5.41) is 2.15. The molecule has 0 radical (unpaired) electrons. The SMILES string of the molecule is COCC1CCN(Cc2cc(Br)cs2)C1. The third-order valence-electron chi connectivity index (χ3n) is 2.77. The van der Waals surface area contributed by atoms with Crippen LogP contribution in [0, 0.1) is 5.92 Å². The van der Waals surface area contributed by atoms with Gasteiger partial charge in [0.05, 0.1) is 6.61 Å². The highest BCUT2D eigenvalue weighted by molar-refractivity contribution is 9.10. The Hall–Kier alpha value is 0.1000. The molecule has 2 heterocycles. The first-order valence-corrected chi connectivity index (χ1v) is 6.89. The van der Waals surface area contributed by atoms with Gasteiger partial charge in [0.1, 0.15) is 0 Å². The van der Waals surface area contributed by atoms with Crippen molar-refractivity contribution in [3.05, 3.63) is 20.8 Å². The Morgan fingerprint density at radius 3 is 3.20 bits per heavy atom. The minimum atomic E-state index is 0.735. The van der Waals surface area contributed by atoms with Crippen molar-refractivity contribution >= 4 is 27.3 Å². The summed E-state index contributed by atoms with van der Waals surface area (Å²) >= 11 is 5.32. The number of ether oxygens (including phenoxy) is 1. The number of methoxy groups -OCH3 is 1. The van der Waals surface area contributed by atoms with Crippen LogP contribution in [0.25, 0.3) is 0 Å². The molecule has 0 aliphatic carbocycles. The molecule has 0 saturated carbocycles. The van der Waals surface area contributed by atoms with Crippen LogP contribution in [-0.4, -0.2) is 31.7 Å². The smallest absolute Gasteiger partial charge is 0.0503 e. The number of thiophene rings is 1. The van der Waals surface area contributed by atoms with Gasteiger partial charge in [0.25, 0.3) is 0 Å². The lowest BCUT2D eigenvalue weighted by atomic mass is 10.1. The van der Waals surface area contributed by atoms with Gasteiger partial charge >= 0.3 is 0 Å². The van der Waals surface area contributed by atoms with Crippen LogP contribution >= 0.6 is 27.3 Å². The summed E-state index contributed by atoms with van der Waals surface area (Å²) in [6.45, 7) is 4.40. The predicted octanol–water partition coefficient (Wildman–Crippen LogP) is 2.98. The molecule has 0 amide bonds. The fourth-order valence-corrected chi connectivity index (χ4v) is 3.58. The highest BCUT2D eigenvalue weighted by Gasteiger charge is 2.22. The van der Waals surface area contributed by atoms with Crippen LogP contribution in [0.1, 0.15) is 11.3 Å². The lowest BCUT2D eigenvalue weighted by Gasteiger charge is -2.14. The third kappa shape index (κ3) is 3.28. The summed E-state index contributed by atoms with van der Waals surface area (Å²) in [6.07, 6.45) is 1.28. The van der Waals surface area contributed by atoms with Crippen molar-refractivity contribution in [2.45, 2.75) is 13.0 Å². The molecule has 1 fully saturated rings. The molecule has 2 nitrogen and oxygen atoms in total. The minimum Gasteiger partial charge on any atom is -0.384 e. The van der Waals surface area contributed by atoms with Crippen molar-refractivity contribution in [3.63, 3.8) is 0 Å². The second kappa shape index (κ2) is 5.43. The molecule has 0 N–H and O–H groups in total. The van der Waals surface area contributed by atoms with Crippen molar-refractivity contribution in [1.29, 1.82) is 0 Å². The summed E-state index contributed by atoms with van der Waals surface area (Å²) < 4.78 is 6.40. The normalized spacial score (nSPS) is 22.4. The molecule has 1 aliphatic heterocycles. The predicted molar refractivity (Wildman–Crippen MR) is 67.3 cm³/mol. The zero-order valence-corrected chi connectivity index (χ0v) is 11.3. The molecule has 1 unspecified atom stereocenters. The zero-order valence-electron chi connectivity index (χ0n) is 8.91. The molecular formula is C11H16BrNOS. The van der Waals surface area contributed by atoms with Gasteiger partial charge in [-0.05, 0) is 40.9 Å². The van der Waals surface area contributed by atoms with Gasteiger partial charge in [-0.15, -0.1) is 11.3 Å². The Labute approximate surface area is 103 Å². The Morgan fingerprint density at radius 2 is 2.53 bits per heavy atom. The number of nitrogens with zero attached hydrogens (tertiary/aromatic N) is 1. The van der Waals surface area contributed by atoms with Crippen LogP contribution in [0.3, 0.4) is 0 Å². The van der Waals surface area contributed by atoms with Crippen molar-refractivity contribution in [1.82, 2.24) is 4.90 Å². The second-order valence-corrected chi connectivity index (χ2v) is 5.99. The maximum atomic E-state index is 5.20. The number of likely N-dealkylation sites (tertiary alicyclic amines) is 1. The molecule has 1 atom stereocenters. The van der Waals surface area contributed by atoms with E-state index in [1.54, 1.807) is 7.11 Å². The standard InChI is InChI=1S/C11H16BrNOS/c1-14-7-9-2-3-13(5-9)6-11-4-10(12)8-15-11/h4,8-9H,2-3,5-7H2,1H3. The van der Waals surface area contributed by atoms with E-state index in [1.165, 1.54) is 28.9 Å². The molecule has 1 aromatic rings. The van der Waals surface area contributed by atoms with E-state index in [1.807, 2.05) is 11.3 Å². The van der Waals surface area contributed by atoms with Crippen molar-refractivity contribution in [3.8, 4) is 0 Å². The van der Waals surface area contributed by atoms with Crippen LogP contribution in [0.4, 0.5) is 0 Å². The van der Waals surface area contributed by atoms with E-state index < -0.39 is 0 Å². The van der Waals surface area contributed by atoms with Crippen molar-refractivity contribution < 1.29 is 4.74 Å². The Bertz CT molecular complexity index is 315. The fourth-order valence-electron chi connectivity index (χ4n) is 2.09. The van der Waals surface area contributed by atoms with E-state index >= 15 is 0 Å². The molecule has 0 bridgehead atoms. The van der Waals surface area contributed by atoms with Gasteiger partial charge in [-0.2, -0.15) is 0 Å². The first-order valence-electron chi connectivity index (χ1n) is 5.22. The molecule has 15 heavy (non-hydrogen) atoms. The molecule has 1 aliphatic rings. The largest absolute Gasteiger partial charge is 0.384 e. The molecule has 84 valence electrons. The van der Waals surface area contributed by atoms with E-state index in [0.29, 0.717) is 0 Å². The molecule has 0 spiro atoms. The molecule has 2 rings (SSSR count). The van der Waals surface area contributed by atoms with Crippen LogP contribution in [-0.2, 0) is 11.3 Å². The molecule has 4 heteroatoms. The Balaban J connectivity index is 1.82. The quantitative estimate of drug-likeness (QED) is 0.845. The summed E-state index contributed by atoms with van der Waals surface area (Å²) in [6, 6.07) is 2.22. The maximum Gasteiger partial charge on any atom is 0.0503 e. The molecule has 1 saturated heterocycles. The molecular weight excluding hydrogens is 274 g/mol. The Morgan fingerprint density at radius 1 is 1.67 bits per heavy atom. The van der Waals surface area contributed by atoms with Gasteiger partial charge in [0.15, 0.2) is 0 Å². The van der Waals surface area contributed by atoms with Crippen LogP contribution in [0.5, 0.6) is 0 Å². The molecule has 0 aromatic carbocycles. The van der Waals surface area contributed by atoms with E-state index in [2.05, 4.69) is 32.3 Å². The first kappa shape index (κ1) is 11.6. The summed E-state index contributed by atoms with van der Waals surface area (Å²) in [5.41, 5.74) is 0. The highest BCUT2D eigenvalue weighted by Crippen LogP contribution is 2.24. The average Bonchev–Trinajstić information content (AvgIpc) is 2.78. The third-order valence-corrected chi connectivity index (χ3v) is 4.46. The number of halogens is 1. The van der Waals surface area contributed by atoms with Gasteiger partial charge in [-0.3, -0.25) is 4.90 Å². The lowest BCUT2D eigenvalue weighted by Crippen LogP contribution is -2.20. The van der Waals surface area contributed by atoms with Gasteiger partial charge in [-0.1, -0.05) is 0 Å². The van der Waals surface area contributed by atoms with E-state index in [4.69, 9.17) is 4.74 Å². The summed E-state index contributed by atoms with van der Waals surface area (Å²) in [5.74, 6) is 0.735. The number of hydrogen-bond acceptors (Lipinski definition) is 3. The number of hydrogen-bond donors (Lipinski definition) is 0. The average molecular weight is 290 g/mol. The van der Waals surface area contributed by atoms with Gasteiger partial charge in [0, 0.05) is 34.9 Å². The van der Waals surface area contributed by atoms with Crippen LogP contribution in [0.2, 0.25) is 0 Å². The topological polar surface area (TPSA) is 12.5 Å². The van der Waals surface area contributed by atoms with Crippen LogP contribution in [0.15, 0.2) is 15.9 Å². The second-order valence-electron chi connectivity index (χ2n) is 4.08. The summed E-state index contributed by atoms with van der Waals surface area (Å²) in [4.78, 5) is 3.96. The van der Waals surface area contributed by atoms with Crippen molar-refractivity contribution in [2.75, 3.05) is 26.8 Å². The van der Waals surface area contributed by atoms with Gasteiger partial charge < -0.3 is 4.74 Å². The maximum absolute atomic E-state index is 5.20. The van der Waals surface area contributed by atoms with E-state index in [0.717, 1.165) is 19.1 Å². The van der Waals surface area contributed by atoms with E-state index in [9.17, 15) is 0 Å².